The molecule has 0 spiro atoms. The number of hydrogen-bond acceptors (Lipinski definition) is 3. The quantitative estimate of drug-likeness (QED) is 0.871. The van der Waals surface area contributed by atoms with E-state index in [0.29, 0.717) is 6.54 Å². The molecule has 0 fully saturated rings. The summed E-state index contributed by atoms with van der Waals surface area (Å²) < 4.78 is 1.41. The summed E-state index contributed by atoms with van der Waals surface area (Å²) in [5.41, 5.74) is 8.62. The smallest absolute Gasteiger partial charge is 0.325 e. The number of hydrogen-bond donors (Lipinski definition) is 2. The van der Waals surface area contributed by atoms with Crippen LogP contribution in [0.3, 0.4) is 0 Å². The first-order valence-corrected chi connectivity index (χ1v) is 5.72. The van der Waals surface area contributed by atoms with Gasteiger partial charge in [0.25, 0.3) is 0 Å². The van der Waals surface area contributed by atoms with E-state index in [0.717, 1.165) is 17.5 Å². The lowest BCUT2D eigenvalue weighted by atomic mass is 10.1. The number of carbonyl (C=O) groups is 1. The molecule has 0 saturated carbocycles. The van der Waals surface area contributed by atoms with Crippen LogP contribution in [0, 0.1) is 0 Å². The van der Waals surface area contributed by atoms with E-state index in [2.05, 4.69) is 5.10 Å². The SMILES string of the molecule is Cl.NCCc1ccc(-c2cnn(CC(=O)O)c2)cc1. The fourth-order valence-corrected chi connectivity index (χ4v) is 1.77. The molecular weight excluding hydrogens is 266 g/mol. The number of aromatic nitrogens is 2. The molecule has 0 aliphatic rings. The minimum atomic E-state index is -0.900. The highest BCUT2D eigenvalue weighted by atomic mass is 35.5. The summed E-state index contributed by atoms with van der Waals surface area (Å²) in [4.78, 5) is 10.6. The largest absolute Gasteiger partial charge is 0.480 e. The lowest BCUT2D eigenvalue weighted by Crippen LogP contribution is -2.08. The second-order valence-corrected chi connectivity index (χ2v) is 4.06. The molecule has 6 heteroatoms. The van der Waals surface area contributed by atoms with Crippen molar-refractivity contribution in [2.45, 2.75) is 13.0 Å². The highest BCUT2D eigenvalue weighted by molar-refractivity contribution is 5.85. The third-order valence-corrected chi connectivity index (χ3v) is 2.65. The van der Waals surface area contributed by atoms with Gasteiger partial charge in [-0.25, -0.2) is 0 Å². The minimum Gasteiger partial charge on any atom is -0.480 e. The Morgan fingerprint density at radius 1 is 1.26 bits per heavy atom. The van der Waals surface area contributed by atoms with Crippen molar-refractivity contribution in [3.8, 4) is 11.1 Å². The lowest BCUT2D eigenvalue weighted by molar-refractivity contribution is -0.137. The van der Waals surface area contributed by atoms with Gasteiger partial charge in [-0.1, -0.05) is 24.3 Å². The zero-order valence-electron chi connectivity index (χ0n) is 10.3. The van der Waals surface area contributed by atoms with E-state index in [-0.39, 0.29) is 19.0 Å². The van der Waals surface area contributed by atoms with Crippen LogP contribution in [0.4, 0.5) is 0 Å². The van der Waals surface area contributed by atoms with Crippen LogP contribution in [0.5, 0.6) is 0 Å². The Labute approximate surface area is 117 Å². The maximum atomic E-state index is 10.6. The first kappa shape index (κ1) is 15.2. The molecule has 102 valence electrons. The van der Waals surface area contributed by atoms with E-state index in [4.69, 9.17) is 10.8 Å². The van der Waals surface area contributed by atoms with E-state index >= 15 is 0 Å². The number of halogens is 1. The van der Waals surface area contributed by atoms with E-state index in [9.17, 15) is 4.79 Å². The Kier molecular flexibility index (Phi) is 5.54. The highest BCUT2D eigenvalue weighted by Gasteiger charge is 2.04. The molecule has 0 bridgehead atoms. The van der Waals surface area contributed by atoms with Gasteiger partial charge in [0.05, 0.1) is 6.20 Å². The van der Waals surface area contributed by atoms with Gasteiger partial charge in [-0.3, -0.25) is 9.48 Å². The number of benzene rings is 1. The summed E-state index contributed by atoms with van der Waals surface area (Å²) in [5, 5.41) is 12.7. The standard InChI is InChI=1S/C13H15N3O2.ClH/c14-6-5-10-1-3-11(4-2-10)12-7-15-16(8-12)9-13(17)18;/h1-4,7-8H,5-6,9,14H2,(H,17,18);1H. The van der Waals surface area contributed by atoms with Crippen LogP contribution in [0.15, 0.2) is 36.7 Å². The van der Waals surface area contributed by atoms with E-state index < -0.39 is 5.97 Å². The van der Waals surface area contributed by atoms with Crippen LogP contribution in [0.2, 0.25) is 0 Å². The van der Waals surface area contributed by atoms with Crippen LogP contribution < -0.4 is 5.73 Å². The number of aliphatic carboxylic acids is 1. The molecule has 0 radical (unpaired) electrons. The Hall–Kier alpha value is -1.85. The third-order valence-electron chi connectivity index (χ3n) is 2.65. The van der Waals surface area contributed by atoms with Gasteiger partial charge in [-0.05, 0) is 24.1 Å². The Morgan fingerprint density at radius 3 is 2.53 bits per heavy atom. The van der Waals surface area contributed by atoms with Crippen molar-refractivity contribution in [1.29, 1.82) is 0 Å². The number of rotatable bonds is 5. The van der Waals surface area contributed by atoms with Crippen LogP contribution in [0.25, 0.3) is 11.1 Å². The molecule has 1 aromatic heterocycles. The lowest BCUT2D eigenvalue weighted by Gasteiger charge is -2.01. The highest BCUT2D eigenvalue weighted by Crippen LogP contribution is 2.19. The minimum absolute atomic E-state index is 0. The van der Waals surface area contributed by atoms with Crippen molar-refractivity contribution in [2.75, 3.05) is 6.54 Å². The summed E-state index contributed by atoms with van der Waals surface area (Å²) in [5.74, 6) is -0.900. The van der Waals surface area contributed by atoms with Crippen LogP contribution in [-0.2, 0) is 17.8 Å². The average Bonchev–Trinajstić information content (AvgIpc) is 2.78. The second kappa shape index (κ2) is 6.92. The summed E-state index contributed by atoms with van der Waals surface area (Å²) >= 11 is 0. The van der Waals surface area contributed by atoms with Crippen molar-refractivity contribution in [3.63, 3.8) is 0 Å². The van der Waals surface area contributed by atoms with Gasteiger partial charge in [0.15, 0.2) is 0 Å². The molecule has 5 nitrogen and oxygen atoms in total. The molecule has 0 aliphatic heterocycles. The molecule has 19 heavy (non-hydrogen) atoms. The van der Waals surface area contributed by atoms with Gasteiger partial charge in [0, 0.05) is 11.8 Å². The fourth-order valence-electron chi connectivity index (χ4n) is 1.77. The van der Waals surface area contributed by atoms with Gasteiger partial charge in [-0.2, -0.15) is 5.10 Å². The summed E-state index contributed by atoms with van der Waals surface area (Å²) in [6.07, 6.45) is 4.26. The van der Waals surface area contributed by atoms with Gasteiger partial charge in [0.2, 0.25) is 0 Å². The molecule has 0 amide bonds. The van der Waals surface area contributed by atoms with Gasteiger partial charge in [0.1, 0.15) is 6.54 Å². The fraction of sp³-hybridized carbons (Fsp3) is 0.231. The topological polar surface area (TPSA) is 81.1 Å². The summed E-state index contributed by atoms with van der Waals surface area (Å²) in [6, 6.07) is 8.04. The molecule has 1 heterocycles. The van der Waals surface area contributed by atoms with E-state index in [1.807, 2.05) is 24.3 Å². The Balaban J connectivity index is 0.00000180. The molecule has 0 aliphatic carbocycles. The molecule has 3 N–H and O–H groups in total. The number of carboxylic acids is 1. The zero-order chi connectivity index (χ0) is 13.0. The molecule has 0 atom stereocenters. The maximum Gasteiger partial charge on any atom is 0.325 e. The van der Waals surface area contributed by atoms with Gasteiger partial charge in [-0.15, -0.1) is 12.4 Å². The van der Waals surface area contributed by atoms with Crippen LogP contribution in [0.1, 0.15) is 5.56 Å². The monoisotopic (exact) mass is 281 g/mol. The molecule has 1 aromatic carbocycles. The molecule has 0 saturated heterocycles. The Bertz CT molecular complexity index is 537. The van der Waals surface area contributed by atoms with Crippen molar-refractivity contribution in [1.82, 2.24) is 9.78 Å². The maximum absolute atomic E-state index is 10.6. The summed E-state index contributed by atoms with van der Waals surface area (Å²) in [7, 11) is 0. The van der Waals surface area contributed by atoms with Gasteiger partial charge >= 0.3 is 5.97 Å². The second-order valence-electron chi connectivity index (χ2n) is 4.06. The number of nitrogens with two attached hydrogens (primary N) is 1. The van der Waals surface area contributed by atoms with Crippen LogP contribution in [-0.4, -0.2) is 27.4 Å². The first-order valence-electron chi connectivity index (χ1n) is 5.72. The number of carboxylic acid groups (broad SMARTS) is 1. The van der Waals surface area contributed by atoms with Crippen molar-refractivity contribution < 1.29 is 9.90 Å². The van der Waals surface area contributed by atoms with Gasteiger partial charge < -0.3 is 10.8 Å². The predicted octanol–water partition coefficient (Wildman–Crippen LogP) is 1.56. The van der Waals surface area contributed by atoms with Crippen molar-refractivity contribution >= 4 is 18.4 Å². The van der Waals surface area contributed by atoms with Crippen LogP contribution >= 0.6 is 12.4 Å². The predicted molar refractivity (Wildman–Crippen MR) is 75.3 cm³/mol. The normalized spacial score (nSPS) is 9.95. The first-order chi connectivity index (χ1) is 8.69. The van der Waals surface area contributed by atoms with Crippen molar-refractivity contribution in [3.05, 3.63) is 42.2 Å². The molecule has 0 unspecified atom stereocenters. The van der Waals surface area contributed by atoms with E-state index in [1.165, 1.54) is 10.2 Å². The third kappa shape index (κ3) is 4.08. The average molecular weight is 282 g/mol. The molecule has 2 rings (SSSR count). The molecule has 2 aromatic rings. The van der Waals surface area contributed by atoms with E-state index in [1.54, 1.807) is 12.4 Å². The van der Waals surface area contributed by atoms with Crippen molar-refractivity contribution in [2.24, 2.45) is 5.73 Å². The number of nitrogens with zero attached hydrogens (tertiary/aromatic N) is 2. The zero-order valence-corrected chi connectivity index (χ0v) is 11.1. The summed E-state index contributed by atoms with van der Waals surface area (Å²) in [6.45, 7) is 0.515. The Morgan fingerprint density at radius 2 is 1.95 bits per heavy atom. The molecular formula is C13H16ClN3O2.